The summed E-state index contributed by atoms with van der Waals surface area (Å²) in [5.74, 6) is -0.0334. The molecule has 6 heteroatoms. The van der Waals surface area contributed by atoms with Gasteiger partial charge in [-0.1, -0.05) is 18.2 Å². The minimum absolute atomic E-state index is 0.0224. The average molecular weight is 327 g/mol. The number of likely N-dealkylation sites (tertiary alicyclic amines) is 1. The molecule has 1 aromatic rings. The van der Waals surface area contributed by atoms with E-state index in [9.17, 15) is 18.0 Å². The van der Waals surface area contributed by atoms with E-state index in [1.165, 1.54) is 12.1 Å². The molecule has 2 heterocycles. The van der Waals surface area contributed by atoms with Crippen LogP contribution in [0.2, 0.25) is 0 Å². The first-order chi connectivity index (χ1) is 10.9. The molecule has 2 saturated heterocycles. The van der Waals surface area contributed by atoms with Crippen molar-refractivity contribution in [2.45, 2.75) is 31.4 Å². The van der Waals surface area contributed by atoms with Crippen LogP contribution in [-0.4, -0.2) is 37.1 Å². The van der Waals surface area contributed by atoms with Crippen LogP contribution in [0.1, 0.15) is 36.3 Å². The van der Waals surface area contributed by atoms with Crippen molar-refractivity contribution in [3.8, 4) is 0 Å². The van der Waals surface area contributed by atoms with Gasteiger partial charge in [-0.25, -0.2) is 0 Å². The van der Waals surface area contributed by atoms with Gasteiger partial charge in [-0.05, 0) is 30.9 Å². The maximum Gasteiger partial charge on any atom is 0.416 e. The molecule has 0 aliphatic carbocycles. The second-order valence-electron chi connectivity index (χ2n) is 6.31. The monoisotopic (exact) mass is 327 g/mol. The van der Waals surface area contributed by atoms with Gasteiger partial charge in [-0.3, -0.25) is 4.79 Å². The first-order valence-electron chi connectivity index (χ1n) is 7.99. The summed E-state index contributed by atoms with van der Waals surface area (Å²) < 4.78 is 43.8. The van der Waals surface area contributed by atoms with E-state index in [-0.39, 0.29) is 17.7 Å². The summed E-state index contributed by atoms with van der Waals surface area (Å²) in [5, 5.41) is 0. The third-order valence-corrected chi connectivity index (χ3v) is 4.69. The Morgan fingerprint density at radius 3 is 2.78 bits per heavy atom. The second-order valence-corrected chi connectivity index (χ2v) is 6.31. The lowest BCUT2D eigenvalue weighted by molar-refractivity contribution is -0.139. The standard InChI is InChI=1S/C17H20F3NO2/c18-17(19,20)15-5-1-3-12(9-15)13-6-7-21(10-13)16(22)14-4-2-8-23-11-14/h1,3,5,9,13-14H,2,4,6-8,10-11H2/t13-,14+/m1/s1. The zero-order chi connectivity index (χ0) is 16.4. The lowest BCUT2D eigenvalue weighted by atomic mass is 9.96. The molecule has 2 atom stereocenters. The van der Waals surface area contributed by atoms with Crippen molar-refractivity contribution in [1.82, 2.24) is 4.90 Å². The summed E-state index contributed by atoms with van der Waals surface area (Å²) >= 11 is 0. The van der Waals surface area contributed by atoms with E-state index in [2.05, 4.69) is 0 Å². The summed E-state index contributed by atoms with van der Waals surface area (Å²) in [6.07, 6.45) is -1.89. The zero-order valence-corrected chi connectivity index (χ0v) is 12.8. The van der Waals surface area contributed by atoms with Crippen molar-refractivity contribution in [2.75, 3.05) is 26.3 Å². The highest BCUT2D eigenvalue weighted by Gasteiger charge is 2.34. The number of hydrogen-bond donors (Lipinski definition) is 0. The lowest BCUT2D eigenvalue weighted by Gasteiger charge is -2.26. The van der Waals surface area contributed by atoms with Crippen LogP contribution >= 0.6 is 0 Å². The predicted octanol–water partition coefficient (Wildman–Crippen LogP) is 3.45. The van der Waals surface area contributed by atoms with E-state index in [1.54, 1.807) is 11.0 Å². The molecule has 0 unspecified atom stereocenters. The zero-order valence-electron chi connectivity index (χ0n) is 12.8. The molecule has 3 nitrogen and oxygen atoms in total. The van der Waals surface area contributed by atoms with Gasteiger partial charge in [0.1, 0.15) is 0 Å². The normalized spacial score (nSPS) is 25.6. The summed E-state index contributed by atoms with van der Waals surface area (Å²) in [6.45, 7) is 2.27. The third kappa shape index (κ3) is 3.68. The first-order valence-corrected chi connectivity index (χ1v) is 7.99. The first kappa shape index (κ1) is 16.3. The molecule has 0 N–H and O–H groups in total. The molecule has 0 spiro atoms. The van der Waals surface area contributed by atoms with Crippen molar-refractivity contribution in [3.05, 3.63) is 35.4 Å². The number of halogens is 3. The minimum Gasteiger partial charge on any atom is -0.381 e. The van der Waals surface area contributed by atoms with Crippen LogP contribution < -0.4 is 0 Å². The van der Waals surface area contributed by atoms with Crippen LogP contribution in [0.3, 0.4) is 0 Å². The third-order valence-electron chi connectivity index (χ3n) is 4.69. The van der Waals surface area contributed by atoms with E-state index >= 15 is 0 Å². The Hall–Kier alpha value is -1.56. The summed E-state index contributed by atoms with van der Waals surface area (Å²) in [7, 11) is 0. The van der Waals surface area contributed by atoms with E-state index in [4.69, 9.17) is 4.74 Å². The van der Waals surface area contributed by atoms with Crippen molar-refractivity contribution < 1.29 is 22.7 Å². The molecule has 2 fully saturated rings. The molecule has 0 saturated carbocycles. The van der Waals surface area contributed by atoms with Gasteiger partial charge in [0.2, 0.25) is 5.91 Å². The number of hydrogen-bond acceptors (Lipinski definition) is 2. The van der Waals surface area contributed by atoms with Crippen LogP contribution in [0.4, 0.5) is 13.2 Å². The van der Waals surface area contributed by atoms with E-state index < -0.39 is 11.7 Å². The van der Waals surface area contributed by atoms with Crippen LogP contribution in [0.5, 0.6) is 0 Å². The number of alkyl halides is 3. The quantitative estimate of drug-likeness (QED) is 0.833. The van der Waals surface area contributed by atoms with Gasteiger partial charge in [0.05, 0.1) is 18.1 Å². The molecule has 3 rings (SSSR count). The van der Waals surface area contributed by atoms with Crippen molar-refractivity contribution in [1.29, 1.82) is 0 Å². The number of amides is 1. The summed E-state index contributed by atoms with van der Waals surface area (Å²) in [4.78, 5) is 14.3. The van der Waals surface area contributed by atoms with Gasteiger partial charge in [-0.15, -0.1) is 0 Å². The molecule has 126 valence electrons. The molecular weight excluding hydrogens is 307 g/mol. The molecule has 1 aromatic carbocycles. The van der Waals surface area contributed by atoms with Gasteiger partial charge >= 0.3 is 6.18 Å². The number of carbonyl (C=O) groups excluding carboxylic acids is 1. The number of nitrogens with zero attached hydrogens (tertiary/aromatic N) is 1. The van der Waals surface area contributed by atoms with Gasteiger partial charge in [0.25, 0.3) is 0 Å². The van der Waals surface area contributed by atoms with Crippen LogP contribution in [0.25, 0.3) is 0 Å². The van der Waals surface area contributed by atoms with Gasteiger partial charge in [0, 0.05) is 25.6 Å². The minimum atomic E-state index is -4.33. The second kappa shape index (κ2) is 6.51. The van der Waals surface area contributed by atoms with Gasteiger partial charge < -0.3 is 9.64 Å². The van der Waals surface area contributed by atoms with Crippen LogP contribution in [0, 0.1) is 5.92 Å². The van der Waals surface area contributed by atoms with Crippen molar-refractivity contribution >= 4 is 5.91 Å². The number of carbonyl (C=O) groups is 1. The molecule has 1 amide bonds. The fourth-order valence-corrected chi connectivity index (χ4v) is 3.40. The Labute approximate surface area is 133 Å². The number of benzene rings is 1. The predicted molar refractivity (Wildman–Crippen MR) is 78.9 cm³/mol. The highest BCUT2D eigenvalue weighted by Crippen LogP contribution is 2.34. The van der Waals surface area contributed by atoms with Gasteiger partial charge in [-0.2, -0.15) is 13.2 Å². The molecular formula is C17H20F3NO2. The Balaban J connectivity index is 1.66. The number of ether oxygens (including phenoxy) is 1. The smallest absolute Gasteiger partial charge is 0.381 e. The maximum atomic E-state index is 12.8. The Morgan fingerprint density at radius 1 is 1.26 bits per heavy atom. The highest BCUT2D eigenvalue weighted by atomic mass is 19.4. The summed E-state index contributed by atoms with van der Waals surface area (Å²) in [6, 6.07) is 5.46. The van der Waals surface area contributed by atoms with Crippen molar-refractivity contribution in [3.63, 3.8) is 0 Å². The fourth-order valence-electron chi connectivity index (χ4n) is 3.40. The maximum absolute atomic E-state index is 12.8. The molecule has 0 radical (unpaired) electrons. The molecule has 0 bridgehead atoms. The van der Waals surface area contributed by atoms with Crippen LogP contribution in [0.15, 0.2) is 24.3 Å². The van der Waals surface area contributed by atoms with Gasteiger partial charge in [0.15, 0.2) is 0 Å². The fraction of sp³-hybridized carbons (Fsp3) is 0.588. The number of rotatable bonds is 2. The van der Waals surface area contributed by atoms with E-state index in [1.807, 2.05) is 0 Å². The van der Waals surface area contributed by atoms with Crippen LogP contribution in [-0.2, 0) is 15.7 Å². The Morgan fingerprint density at radius 2 is 2.09 bits per heavy atom. The molecule has 2 aliphatic heterocycles. The largest absolute Gasteiger partial charge is 0.416 e. The van der Waals surface area contributed by atoms with E-state index in [0.29, 0.717) is 38.3 Å². The lowest BCUT2D eigenvalue weighted by Crippen LogP contribution is -2.38. The molecule has 0 aromatic heterocycles. The van der Waals surface area contributed by atoms with Crippen molar-refractivity contribution in [2.24, 2.45) is 5.92 Å². The average Bonchev–Trinajstić information content (AvgIpc) is 3.04. The molecule has 23 heavy (non-hydrogen) atoms. The topological polar surface area (TPSA) is 29.5 Å². The SMILES string of the molecule is O=C([C@H]1CCCOC1)N1CC[C@@H](c2cccc(C(F)(F)F)c2)C1. The summed E-state index contributed by atoms with van der Waals surface area (Å²) in [5.41, 5.74) is 0.0375. The highest BCUT2D eigenvalue weighted by molar-refractivity contribution is 5.79. The Kier molecular flexibility index (Phi) is 4.62. The van der Waals surface area contributed by atoms with E-state index in [0.717, 1.165) is 18.9 Å². The molecule has 2 aliphatic rings. The Bertz CT molecular complexity index is 567.